The summed E-state index contributed by atoms with van der Waals surface area (Å²) in [6.07, 6.45) is -0.397. The highest BCUT2D eigenvalue weighted by Gasteiger charge is 2.72. The van der Waals surface area contributed by atoms with Crippen LogP contribution in [0.5, 0.6) is 0 Å². The van der Waals surface area contributed by atoms with E-state index in [9.17, 15) is 81.5 Å². The largest absolute Gasteiger partial charge is 0.480 e. The second kappa shape index (κ2) is 27.9. The molecule has 0 spiro atoms. The molecule has 24 nitrogen and oxygen atoms in total. The number of hydrogen-bond donors (Lipinski definition) is 6. The van der Waals surface area contributed by atoms with E-state index in [4.69, 9.17) is 26.0 Å². The standard InChI is InChI=1S/C45H33ClN2O15S3.C14H11NO6S/c1-2-39(49)64-43(40(50)51,33-15-3-27(4-16-33)30-9-21-36(46)22-10-30)44(65(59)60,34-17-5-28(6-18-34)31-11-23-37(24-12-31)47(55)56)42(54)63-45(41(52)53,66(61)62)35-19-7-29(8-20-35)32-13-25-38(26-14-32)48(57)58;16-14(17)13(22(20)21)11-3-1-9(2-4-11)10-5-7-12(8-6-10)15(18)19/h3-26H,2H2,1H3,(H,50,51)(H,52,53)(H,59,60)(H,61,62);1-8,13H,(H,16,17)(H,20,21). The van der Waals surface area contributed by atoms with Crippen LogP contribution in [0, 0.1) is 30.3 Å². The maximum Gasteiger partial charge on any atom is 0.369 e. The molecule has 8 aromatic carbocycles. The van der Waals surface area contributed by atoms with Gasteiger partial charge in [-0.1, -0.05) is 139 Å². The summed E-state index contributed by atoms with van der Waals surface area (Å²) in [6, 6.07) is 43.0. The molecule has 0 aliphatic rings. The van der Waals surface area contributed by atoms with Crippen LogP contribution in [0.4, 0.5) is 17.1 Å². The lowest BCUT2D eigenvalue weighted by Gasteiger charge is -2.44. The number of thioether (sulfide) groups is 1. The van der Waals surface area contributed by atoms with Gasteiger partial charge in [0.15, 0.2) is 37.3 Å². The zero-order valence-corrected chi connectivity index (χ0v) is 48.9. The van der Waals surface area contributed by atoms with E-state index in [0.29, 0.717) is 44.0 Å². The number of rotatable bonds is 22. The molecule has 0 radical (unpaired) electrons. The fraction of sp³-hybridized carbons (Fsp3) is 0.102. The van der Waals surface area contributed by atoms with Gasteiger partial charge in [0.05, 0.1) is 14.8 Å². The number of carbonyl (C=O) groups excluding carboxylic acids is 2. The molecule has 452 valence electrons. The van der Waals surface area contributed by atoms with Crippen molar-refractivity contribution >= 4 is 103 Å². The molecular weight excluding hydrogens is 1250 g/mol. The lowest BCUT2D eigenvalue weighted by atomic mass is 9.78. The topological polar surface area (TPSA) is 397 Å². The number of carboxylic acids is 3. The van der Waals surface area contributed by atoms with Crippen LogP contribution in [0.2, 0.25) is 5.02 Å². The minimum absolute atomic E-state index is 0.0259. The first kappa shape index (κ1) is 66.0. The third kappa shape index (κ3) is 13.5. The van der Waals surface area contributed by atoms with Gasteiger partial charge in [-0.3, -0.25) is 44.7 Å². The van der Waals surface area contributed by atoms with Crippen molar-refractivity contribution in [2.45, 2.75) is 33.0 Å². The van der Waals surface area contributed by atoms with E-state index in [1.54, 1.807) is 48.5 Å². The summed E-state index contributed by atoms with van der Waals surface area (Å²) in [5, 5.41) is 62.3. The van der Waals surface area contributed by atoms with Gasteiger partial charge < -0.3 is 33.7 Å². The first-order chi connectivity index (χ1) is 41.7. The Morgan fingerprint density at radius 2 is 0.807 bits per heavy atom. The Hall–Kier alpha value is -9.52. The third-order valence-corrected chi connectivity index (χ3v) is 18.6. The number of ether oxygens (including phenoxy) is 1. The van der Waals surface area contributed by atoms with Crippen molar-refractivity contribution in [1.29, 1.82) is 0 Å². The summed E-state index contributed by atoms with van der Waals surface area (Å²) in [5.41, 5.74) is 1.74. The highest BCUT2D eigenvalue weighted by Crippen LogP contribution is 2.57. The highest BCUT2D eigenvalue weighted by molar-refractivity contribution is 8.15. The van der Waals surface area contributed by atoms with Gasteiger partial charge in [0, 0.05) is 53.4 Å². The summed E-state index contributed by atoms with van der Waals surface area (Å²) in [6.45, 7) is 1.35. The molecule has 0 aromatic heterocycles. The summed E-state index contributed by atoms with van der Waals surface area (Å²) >= 11 is -4.09. The number of carbonyl (C=O) groups is 5. The number of non-ortho nitro benzene ring substituents is 3. The maximum absolute atomic E-state index is 15.4. The molecule has 0 saturated carbocycles. The Bertz CT molecular complexity index is 4020. The molecule has 0 saturated heterocycles. The maximum atomic E-state index is 15.4. The van der Waals surface area contributed by atoms with Crippen LogP contribution < -0.4 is 0 Å². The molecular formula is C59H44ClN3O21S4. The Labute approximate surface area is 514 Å². The van der Waals surface area contributed by atoms with Crippen molar-refractivity contribution in [3.05, 3.63) is 252 Å². The number of nitro groups is 3. The number of hydrogen-bond acceptors (Lipinski definition) is 16. The van der Waals surface area contributed by atoms with Gasteiger partial charge in [0.25, 0.3) is 17.1 Å². The van der Waals surface area contributed by atoms with Crippen molar-refractivity contribution in [2.75, 3.05) is 0 Å². The quantitative estimate of drug-likeness (QED) is 0.0159. The SMILES string of the molecule is CCC(=O)SC(C(=O)O)(c1ccc(-c2ccc(Cl)cc2)cc1)C(C(=O)OC(C(=O)O)(c1ccc(-c2ccc([N+](=O)[O-])cc2)cc1)S(=O)O)(c1ccc(-c2ccc([N+](=O)[O-])cc2)cc1)S(=O)O.O=C(O)C(c1ccc(-c2ccc([N+](=O)[O-])cc2)cc1)S(=O)O. The molecule has 0 aliphatic heterocycles. The second-order valence-corrected chi connectivity index (χ2v) is 23.5. The average molecular weight is 1290 g/mol. The van der Waals surface area contributed by atoms with Crippen molar-refractivity contribution in [2.24, 2.45) is 0 Å². The second-order valence-electron chi connectivity index (χ2n) is 18.6. The molecule has 0 amide bonds. The number of halogens is 1. The zero-order valence-electron chi connectivity index (χ0n) is 44.9. The number of benzene rings is 8. The molecule has 0 heterocycles. The number of carboxylic acid groups (broad SMARTS) is 3. The normalized spacial score (nSPS) is 14.5. The fourth-order valence-corrected chi connectivity index (χ4v) is 12.9. The van der Waals surface area contributed by atoms with E-state index in [1.807, 2.05) is 0 Å². The lowest BCUT2D eigenvalue weighted by Crippen LogP contribution is -2.62. The third-order valence-electron chi connectivity index (χ3n) is 13.6. The summed E-state index contributed by atoms with van der Waals surface area (Å²) in [4.78, 5) is 95.4. The molecule has 7 unspecified atom stereocenters. The van der Waals surface area contributed by atoms with E-state index < -0.39 is 120 Å². The predicted molar refractivity (Wildman–Crippen MR) is 324 cm³/mol. The molecule has 0 bridgehead atoms. The van der Waals surface area contributed by atoms with E-state index in [-0.39, 0.29) is 40.0 Å². The monoisotopic (exact) mass is 1290 g/mol. The average Bonchev–Trinajstić information content (AvgIpc) is 0.714. The number of nitro benzene ring substituents is 3. The van der Waals surface area contributed by atoms with Gasteiger partial charge >= 0.3 is 28.8 Å². The lowest BCUT2D eigenvalue weighted by molar-refractivity contribution is -0.385. The Kier molecular flexibility index (Phi) is 20.9. The fourth-order valence-electron chi connectivity index (χ4n) is 9.14. The van der Waals surface area contributed by atoms with Crippen LogP contribution >= 0.6 is 23.4 Å². The van der Waals surface area contributed by atoms with E-state index in [1.165, 1.54) is 128 Å². The molecule has 29 heteroatoms. The number of esters is 1. The van der Waals surface area contributed by atoms with Gasteiger partial charge in [-0.2, -0.15) is 0 Å². The van der Waals surface area contributed by atoms with Gasteiger partial charge in [0.1, 0.15) is 0 Å². The van der Waals surface area contributed by atoms with Crippen molar-refractivity contribution in [3.63, 3.8) is 0 Å². The van der Waals surface area contributed by atoms with Crippen molar-refractivity contribution < 1.29 is 85.1 Å². The van der Waals surface area contributed by atoms with Crippen LogP contribution in [-0.4, -0.2) is 85.4 Å². The molecule has 0 fully saturated rings. The van der Waals surface area contributed by atoms with Crippen LogP contribution in [0.15, 0.2) is 194 Å². The minimum atomic E-state index is -3.85. The smallest absolute Gasteiger partial charge is 0.369 e. The van der Waals surface area contributed by atoms with E-state index >= 15 is 4.79 Å². The zero-order chi connectivity index (χ0) is 64.4. The van der Waals surface area contributed by atoms with Gasteiger partial charge in [0.2, 0.25) is 15.8 Å². The molecule has 7 atom stereocenters. The first-order valence-corrected chi connectivity index (χ1v) is 29.7. The van der Waals surface area contributed by atoms with E-state index in [2.05, 4.69) is 0 Å². The Balaban J connectivity index is 0.000000420. The minimum Gasteiger partial charge on any atom is -0.480 e. The first-order valence-electron chi connectivity index (χ1n) is 25.1. The van der Waals surface area contributed by atoms with Gasteiger partial charge in [-0.05, 0) is 110 Å². The van der Waals surface area contributed by atoms with Crippen molar-refractivity contribution in [3.8, 4) is 44.5 Å². The molecule has 88 heavy (non-hydrogen) atoms. The van der Waals surface area contributed by atoms with Crippen LogP contribution in [-0.2, 0) is 76.4 Å². The van der Waals surface area contributed by atoms with Crippen molar-refractivity contribution in [1.82, 2.24) is 0 Å². The summed E-state index contributed by atoms with van der Waals surface area (Å²) in [7, 11) is 0. The van der Waals surface area contributed by atoms with E-state index in [0.717, 1.165) is 24.3 Å². The van der Waals surface area contributed by atoms with Crippen LogP contribution in [0.1, 0.15) is 40.8 Å². The molecule has 8 aromatic rings. The Morgan fingerprint density at radius 3 is 1.09 bits per heavy atom. The number of aliphatic carboxylic acids is 3. The molecule has 6 N–H and O–H groups in total. The Morgan fingerprint density at radius 1 is 0.489 bits per heavy atom. The van der Waals surface area contributed by atoms with Crippen LogP contribution in [0.3, 0.4) is 0 Å². The highest BCUT2D eigenvalue weighted by atomic mass is 35.5. The number of nitrogens with zero attached hydrogens (tertiary/aromatic N) is 3. The molecule has 0 aliphatic carbocycles. The summed E-state index contributed by atoms with van der Waals surface area (Å²) in [5.74, 6) is -7.87. The predicted octanol–water partition coefficient (Wildman–Crippen LogP) is 11.5. The summed E-state index contributed by atoms with van der Waals surface area (Å²) < 4.78 is 69.3. The molecule has 8 rings (SSSR count). The van der Waals surface area contributed by atoms with Gasteiger partial charge in [-0.15, -0.1) is 0 Å². The van der Waals surface area contributed by atoms with Crippen LogP contribution in [0.25, 0.3) is 44.5 Å². The van der Waals surface area contributed by atoms with Gasteiger partial charge in [-0.25, -0.2) is 22.2 Å².